The summed E-state index contributed by atoms with van der Waals surface area (Å²) < 4.78 is 41.6. The van der Waals surface area contributed by atoms with Gasteiger partial charge in [-0.1, -0.05) is 53.0 Å². The number of carbonyl (C=O) groups is 1. The molecule has 0 spiro atoms. The van der Waals surface area contributed by atoms with E-state index in [1.807, 2.05) is 27.7 Å². The van der Waals surface area contributed by atoms with Crippen molar-refractivity contribution in [3.63, 3.8) is 0 Å². The van der Waals surface area contributed by atoms with Gasteiger partial charge in [-0.15, -0.1) is 13.2 Å². The molecule has 1 unspecified atom stereocenters. The maximum absolute atomic E-state index is 12.9. The van der Waals surface area contributed by atoms with Crippen LogP contribution in [0.1, 0.15) is 66.7 Å². The van der Waals surface area contributed by atoms with Gasteiger partial charge >= 0.3 is 6.36 Å². The summed E-state index contributed by atoms with van der Waals surface area (Å²) in [5.41, 5.74) is 0.225. The van der Waals surface area contributed by atoms with Gasteiger partial charge in [-0.25, -0.2) is 0 Å². The molecular weight excluding hydrogens is 343 g/mol. The van der Waals surface area contributed by atoms with E-state index in [1.54, 1.807) is 11.0 Å². The van der Waals surface area contributed by atoms with Crippen LogP contribution in [0.15, 0.2) is 24.3 Å². The van der Waals surface area contributed by atoms with Crippen molar-refractivity contribution in [1.82, 2.24) is 0 Å². The highest BCUT2D eigenvalue weighted by Crippen LogP contribution is 2.30. The smallest absolute Gasteiger partial charge is 0.406 e. The van der Waals surface area contributed by atoms with E-state index in [2.05, 4.69) is 11.7 Å². The zero-order valence-electron chi connectivity index (χ0n) is 16.3. The Morgan fingerprint density at radius 1 is 1.19 bits per heavy atom. The van der Waals surface area contributed by atoms with Crippen LogP contribution in [0.2, 0.25) is 0 Å². The first-order chi connectivity index (χ1) is 11.9. The van der Waals surface area contributed by atoms with Gasteiger partial charge in [-0.3, -0.25) is 4.79 Å². The molecule has 0 saturated heterocycles. The number of ether oxygens (including phenoxy) is 1. The van der Waals surface area contributed by atoms with Crippen LogP contribution in [0.4, 0.5) is 18.9 Å². The fraction of sp³-hybridized carbons (Fsp3) is 0.650. The van der Waals surface area contributed by atoms with Crippen LogP contribution in [0.25, 0.3) is 0 Å². The number of benzene rings is 1. The number of unbranched alkanes of at least 4 members (excludes halogenated alkanes) is 2. The SMILES string of the molecule is CCCCCC(C)N(C(=O)CC(C)(C)C)c1cccc(OC(F)(F)F)c1. The second-order valence-corrected chi connectivity index (χ2v) is 7.89. The minimum atomic E-state index is -4.76. The van der Waals surface area contributed by atoms with Crippen molar-refractivity contribution in [2.45, 2.75) is 79.1 Å². The van der Waals surface area contributed by atoms with Crippen molar-refractivity contribution in [1.29, 1.82) is 0 Å². The molecule has 6 heteroatoms. The predicted octanol–water partition coefficient (Wildman–Crippen LogP) is 6.32. The van der Waals surface area contributed by atoms with Crippen molar-refractivity contribution in [3.05, 3.63) is 24.3 Å². The molecule has 1 aromatic rings. The molecule has 1 rings (SSSR count). The highest BCUT2D eigenvalue weighted by atomic mass is 19.4. The van der Waals surface area contributed by atoms with Gasteiger partial charge in [-0.05, 0) is 30.9 Å². The molecule has 0 aliphatic rings. The van der Waals surface area contributed by atoms with Crippen LogP contribution in [-0.2, 0) is 4.79 Å². The lowest BCUT2D eigenvalue weighted by atomic mass is 9.91. The Kier molecular flexibility index (Phi) is 7.97. The van der Waals surface area contributed by atoms with Crippen LogP contribution >= 0.6 is 0 Å². The van der Waals surface area contributed by atoms with E-state index in [4.69, 9.17) is 0 Å². The normalized spacial score (nSPS) is 13.4. The minimum Gasteiger partial charge on any atom is -0.406 e. The van der Waals surface area contributed by atoms with Crippen LogP contribution in [0.3, 0.4) is 0 Å². The first kappa shape index (κ1) is 22.3. The van der Waals surface area contributed by atoms with E-state index in [-0.39, 0.29) is 23.1 Å². The number of carbonyl (C=O) groups excluding carboxylic acids is 1. The fourth-order valence-corrected chi connectivity index (χ4v) is 2.83. The summed E-state index contributed by atoms with van der Waals surface area (Å²) in [6, 6.07) is 5.56. The molecule has 0 N–H and O–H groups in total. The average Bonchev–Trinajstić information content (AvgIpc) is 2.44. The summed E-state index contributed by atoms with van der Waals surface area (Å²) in [6.45, 7) is 9.94. The summed E-state index contributed by atoms with van der Waals surface area (Å²) in [5.74, 6) is -0.407. The lowest BCUT2D eigenvalue weighted by Crippen LogP contribution is -2.40. The maximum atomic E-state index is 12.9. The molecule has 26 heavy (non-hydrogen) atoms. The first-order valence-electron chi connectivity index (χ1n) is 9.11. The van der Waals surface area contributed by atoms with E-state index in [9.17, 15) is 18.0 Å². The summed E-state index contributed by atoms with van der Waals surface area (Å²) in [6.07, 6.45) is -0.550. The number of alkyl halides is 3. The number of rotatable bonds is 8. The fourth-order valence-electron chi connectivity index (χ4n) is 2.83. The summed E-state index contributed by atoms with van der Waals surface area (Å²) >= 11 is 0. The molecule has 0 aliphatic heterocycles. The Morgan fingerprint density at radius 3 is 2.38 bits per heavy atom. The molecule has 1 aromatic carbocycles. The van der Waals surface area contributed by atoms with E-state index >= 15 is 0 Å². The van der Waals surface area contributed by atoms with Gasteiger partial charge in [0.1, 0.15) is 5.75 Å². The molecule has 0 bridgehead atoms. The van der Waals surface area contributed by atoms with Crippen LogP contribution < -0.4 is 9.64 Å². The van der Waals surface area contributed by atoms with Gasteiger partial charge in [0.2, 0.25) is 5.91 Å². The number of anilines is 1. The number of halogens is 3. The van der Waals surface area contributed by atoms with Crippen LogP contribution in [-0.4, -0.2) is 18.3 Å². The molecule has 1 atom stereocenters. The Hall–Kier alpha value is -1.72. The van der Waals surface area contributed by atoms with Crippen molar-refractivity contribution in [3.8, 4) is 5.75 Å². The molecule has 148 valence electrons. The lowest BCUT2D eigenvalue weighted by molar-refractivity contribution is -0.274. The Morgan fingerprint density at radius 2 is 1.85 bits per heavy atom. The molecule has 0 heterocycles. The highest BCUT2D eigenvalue weighted by Gasteiger charge is 2.32. The van der Waals surface area contributed by atoms with Gasteiger partial charge in [0.25, 0.3) is 0 Å². The third kappa shape index (κ3) is 8.11. The van der Waals surface area contributed by atoms with Crippen molar-refractivity contribution in [2.24, 2.45) is 5.41 Å². The quantitative estimate of drug-likeness (QED) is 0.499. The molecule has 0 saturated carbocycles. The summed E-state index contributed by atoms with van der Waals surface area (Å²) in [4.78, 5) is 14.5. The van der Waals surface area contributed by atoms with Gasteiger partial charge in [0.15, 0.2) is 0 Å². The van der Waals surface area contributed by atoms with E-state index in [0.29, 0.717) is 12.1 Å². The number of nitrogens with zero attached hydrogens (tertiary/aromatic N) is 1. The standard InChI is InChI=1S/C20H30F3NO2/c1-6-7-8-10-15(2)24(18(25)14-19(3,4)5)16-11-9-12-17(13-16)26-20(21,22)23/h9,11-13,15H,6-8,10,14H2,1-5H3. The first-order valence-corrected chi connectivity index (χ1v) is 9.11. The Labute approximate surface area is 154 Å². The topological polar surface area (TPSA) is 29.5 Å². The van der Waals surface area contributed by atoms with E-state index < -0.39 is 6.36 Å². The average molecular weight is 373 g/mol. The second-order valence-electron chi connectivity index (χ2n) is 7.89. The Bertz CT molecular complexity index is 579. The van der Waals surface area contributed by atoms with Crippen LogP contribution in [0.5, 0.6) is 5.75 Å². The lowest BCUT2D eigenvalue weighted by Gasteiger charge is -2.32. The maximum Gasteiger partial charge on any atom is 0.573 e. The molecule has 0 aromatic heterocycles. The molecule has 0 aliphatic carbocycles. The van der Waals surface area contributed by atoms with E-state index in [0.717, 1.165) is 25.7 Å². The van der Waals surface area contributed by atoms with Crippen LogP contribution in [0, 0.1) is 5.41 Å². The van der Waals surface area contributed by atoms with Gasteiger partial charge < -0.3 is 9.64 Å². The monoisotopic (exact) mass is 373 g/mol. The van der Waals surface area contributed by atoms with E-state index in [1.165, 1.54) is 18.2 Å². The Balaban J connectivity index is 3.10. The second kappa shape index (κ2) is 9.28. The highest BCUT2D eigenvalue weighted by molar-refractivity contribution is 5.94. The summed E-state index contributed by atoms with van der Waals surface area (Å²) in [5, 5.41) is 0. The number of hydrogen-bond acceptors (Lipinski definition) is 2. The van der Waals surface area contributed by atoms with Crippen molar-refractivity contribution in [2.75, 3.05) is 4.90 Å². The molecular formula is C20H30F3NO2. The third-order valence-electron chi connectivity index (χ3n) is 3.95. The van der Waals surface area contributed by atoms with Crippen molar-refractivity contribution >= 4 is 11.6 Å². The number of hydrogen-bond donors (Lipinski definition) is 0. The van der Waals surface area contributed by atoms with Gasteiger partial charge in [-0.2, -0.15) is 0 Å². The predicted molar refractivity (Wildman–Crippen MR) is 98.3 cm³/mol. The minimum absolute atomic E-state index is 0.0920. The van der Waals surface area contributed by atoms with Gasteiger partial charge in [0, 0.05) is 24.2 Å². The molecule has 3 nitrogen and oxygen atoms in total. The van der Waals surface area contributed by atoms with Crippen molar-refractivity contribution < 1.29 is 22.7 Å². The third-order valence-corrected chi connectivity index (χ3v) is 3.95. The molecule has 0 fully saturated rings. The van der Waals surface area contributed by atoms with Gasteiger partial charge in [0.05, 0.1) is 0 Å². The molecule has 1 amide bonds. The zero-order chi connectivity index (χ0) is 20.0. The zero-order valence-corrected chi connectivity index (χ0v) is 16.3. The number of amides is 1. The molecule has 0 radical (unpaired) electrons. The largest absolute Gasteiger partial charge is 0.573 e. The summed E-state index contributed by atoms with van der Waals surface area (Å²) in [7, 11) is 0.